The van der Waals surface area contributed by atoms with Crippen LogP contribution >= 0.6 is 0 Å². The molecule has 29 heavy (non-hydrogen) atoms. The first-order chi connectivity index (χ1) is 14.0. The van der Waals surface area contributed by atoms with Crippen molar-refractivity contribution in [1.29, 1.82) is 0 Å². The molecule has 152 valence electrons. The Bertz CT molecular complexity index is 1010. The zero-order valence-corrected chi connectivity index (χ0v) is 16.5. The molecular weight excluding hydrogens is 373 g/mol. The summed E-state index contributed by atoms with van der Waals surface area (Å²) < 4.78 is 19.1. The fourth-order valence-electron chi connectivity index (χ4n) is 3.25. The van der Waals surface area contributed by atoms with E-state index in [0.29, 0.717) is 13.0 Å². The van der Waals surface area contributed by atoms with Crippen molar-refractivity contribution in [2.24, 2.45) is 0 Å². The van der Waals surface area contributed by atoms with Crippen LogP contribution in [0, 0.1) is 5.82 Å². The molecule has 2 amide bonds. The van der Waals surface area contributed by atoms with Gasteiger partial charge in [-0.15, -0.1) is 0 Å². The maximum Gasteiger partial charge on any atom is 0.239 e. The summed E-state index contributed by atoms with van der Waals surface area (Å²) in [5, 5.41) is 5.98. The van der Waals surface area contributed by atoms with Crippen molar-refractivity contribution in [2.75, 3.05) is 20.2 Å². The number of carbonyl (C=O) groups excluding carboxylic acids is 2. The molecule has 6 nitrogen and oxygen atoms in total. The van der Waals surface area contributed by atoms with Gasteiger partial charge in [-0.25, -0.2) is 4.39 Å². The number of ether oxygens (including phenoxy) is 1. The molecule has 0 unspecified atom stereocenters. The number of hydrogen-bond donors (Lipinski definition) is 3. The zero-order valence-electron chi connectivity index (χ0n) is 16.5. The van der Waals surface area contributed by atoms with Gasteiger partial charge < -0.3 is 20.4 Å². The summed E-state index contributed by atoms with van der Waals surface area (Å²) in [5.41, 5.74) is 3.41. The lowest BCUT2D eigenvalue weighted by atomic mass is 10.0. The molecule has 0 spiro atoms. The summed E-state index contributed by atoms with van der Waals surface area (Å²) in [6.07, 6.45) is 0.595. The van der Waals surface area contributed by atoms with Gasteiger partial charge >= 0.3 is 0 Å². The lowest BCUT2D eigenvalue weighted by Crippen LogP contribution is -2.36. The maximum atomic E-state index is 13.9. The monoisotopic (exact) mass is 397 g/mol. The first kappa shape index (κ1) is 20.4. The molecule has 3 rings (SSSR count). The average Bonchev–Trinajstić information content (AvgIpc) is 3.08. The van der Waals surface area contributed by atoms with Gasteiger partial charge in [0.05, 0.1) is 13.7 Å². The van der Waals surface area contributed by atoms with Crippen molar-refractivity contribution in [2.45, 2.75) is 19.8 Å². The number of hydrogen-bond acceptors (Lipinski definition) is 3. The van der Waals surface area contributed by atoms with Crippen LogP contribution in [0.5, 0.6) is 5.75 Å². The van der Waals surface area contributed by atoms with Gasteiger partial charge in [0, 0.05) is 29.6 Å². The Hall–Kier alpha value is -3.35. The van der Waals surface area contributed by atoms with E-state index >= 15 is 0 Å². The van der Waals surface area contributed by atoms with Crippen LogP contribution in [0.15, 0.2) is 42.5 Å². The van der Waals surface area contributed by atoms with Gasteiger partial charge in [-0.3, -0.25) is 9.59 Å². The summed E-state index contributed by atoms with van der Waals surface area (Å²) in [6, 6.07) is 12.1. The smallest absolute Gasteiger partial charge is 0.239 e. The molecule has 0 aliphatic heterocycles. The van der Waals surface area contributed by atoms with E-state index < -0.39 is 0 Å². The third-order valence-electron chi connectivity index (χ3n) is 4.67. The molecule has 7 heteroatoms. The van der Waals surface area contributed by atoms with E-state index in [1.807, 2.05) is 31.2 Å². The molecule has 0 aliphatic carbocycles. The van der Waals surface area contributed by atoms with Crippen molar-refractivity contribution in [3.63, 3.8) is 0 Å². The number of H-pyrrole nitrogens is 1. The van der Waals surface area contributed by atoms with Crippen molar-refractivity contribution in [3.8, 4) is 17.0 Å². The lowest BCUT2D eigenvalue weighted by Gasteiger charge is -2.08. The number of fused-ring (bicyclic) bond motifs is 1. The van der Waals surface area contributed by atoms with E-state index in [1.165, 1.54) is 12.1 Å². The Kier molecular flexibility index (Phi) is 6.49. The number of benzene rings is 2. The zero-order chi connectivity index (χ0) is 20.8. The van der Waals surface area contributed by atoms with E-state index in [2.05, 4.69) is 15.6 Å². The second-order valence-corrected chi connectivity index (χ2v) is 6.63. The van der Waals surface area contributed by atoms with Crippen LogP contribution < -0.4 is 15.4 Å². The highest BCUT2D eigenvalue weighted by Gasteiger charge is 2.16. The summed E-state index contributed by atoms with van der Waals surface area (Å²) in [4.78, 5) is 27.0. The topological polar surface area (TPSA) is 83.2 Å². The summed E-state index contributed by atoms with van der Waals surface area (Å²) in [5.74, 6) is -0.0569. The fraction of sp³-hybridized carbons (Fsp3) is 0.273. The van der Waals surface area contributed by atoms with E-state index in [-0.39, 0.29) is 30.6 Å². The number of aryl methyl sites for hydroxylation is 1. The van der Waals surface area contributed by atoms with E-state index in [9.17, 15) is 14.0 Å². The Morgan fingerprint density at radius 2 is 1.83 bits per heavy atom. The molecule has 1 heterocycles. The maximum absolute atomic E-state index is 13.9. The number of amides is 2. The quantitative estimate of drug-likeness (QED) is 0.546. The van der Waals surface area contributed by atoms with Crippen molar-refractivity contribution in [1.82, 2.24) is 15.6 Å². The van der Waals surface area contributed by atoms with Crippen LogP contribution in [0.4, 0.5) is 4.39 Å². The number of rotatable bonds is 8. The van der Waals surface area contributed by atoms with E-state index in [0.717, 1.165) is 33.5 Å². The number of carbonyl (C=O) groups is 2. The highest BCUT2D eigenvalue weighted by atomic mass is 19.1. The number of aromatic amines is 1. The Balaban J connectivity index is 1.83. The Labute approximate surface area is 168 Å². The SMILES string of the molecule is CCNC(=O)CNC(=O)CCc1c(-c2ccc(OC)cc2)[nH]c2ccc(F)cc12. The molecule has 2 aromatic carbocycles. The molecule has 0 radical (unpaired) electrons. The predicted molar refractivity (Wildman–Crippen MR) is 110 cm³/mol. The normalized spacial score (nSPS) is 10.7. The van der Waals surface area contributed by atoms with Crippen LogP contribution in [-0.2, 0) is 16.0 Å². The average molecular weight is 397 g/mol. The van der Waals surface area contributed by atoms with Gasteiger partial charge in [-0.2, -0.15) is 0 Å². The number of aromatic nitrogens is 1. The minimum absolute atomic E-state index is 0.0550. The van der Waals surface area contributed by atoms with Gasteiger partial charge in [0.25, 0.3) is 0 Å². The summed E-state index contributed by atoms with van der Waals surface area (Å²) >= 11 is 0. The van der Waals surface area contributed by atoms with Crippen LogP contribution in [0.2, 0.25) is 0 Å². The largest absolute Gasteiger partial charge is 0.497 e. The van der Waals surface area contributed by atoms with Gasteiger partial charge in [-0.05, 0) is 66.9 Å². The second-order valence-electron chi connectivity index (χ2n) is 6.63. The van der Waals surface area contributed by atoms with Crippen LogP contribution in [0.25, 0.3) is 22.2 Å². The number of halogens is 1. The van der Waals surface area contributed by atoms with Crippen LogP contribution in [0.1, 0.15) is 18.9 Å². The molecule has 0 saturated carbocycles. The predicted octanol–water partition coefficient (Wildman–Crippen LogP) is 3.17. The van der Waals surface area contributed by atoms with E-state index in [4.69, 9.17) is 4.74 Å². The molecule has 1 aromatic heterocycles. The molecule has 0 bridgehead atoms. The van der Waals surface area contributed by atoms with Crippen molar-refractivity contribution < 1.29 is 18.7 Å². The van der Waals surface area contributed by atoms with Gasteiger partial charge in [0.15, 0.2) is 0 Å². The van der Waals surface area contributed by atoms with Crippen LogP contribution in [0.3, 0.4) is 0 Å². The first-order valence-electron chi connectivity index (χ1n) is 9.49. The minimum atomic E-state index is -0.334. The number of likely N-dealkylation sites (N-methyl/N-ethyl adjacent to an activating group) is 1. The molecule has 0 saturated heterocycles. The second kappa shape index (κ2) is 9.23. The first-order valence-corrected chi connectivity index (χ1v) is 9.49. The molecule has 0 atom stereocenters. The Morgan fingerprint density at radius 3 is 2.52 bits per heavy atom. The number of methoxy groups -OCH3 is 1. The summed E-state index contributed by atoms with van der Waals surface area (Å²) in [7, 11) is 1.60. The summed E-state index contributed by atoms with van der Waals surface area (Å²) in [6.45, 7) is 2.28. The molecule has 3 N–H and O–H groups in total. The molecular formula is C22H24FN3O3. The lowest BCUT2D eigenvalue weighted by molar-refractivity contribution is -0.126. The van der Waals surface area contributed by atoms with Gasteiger partial charge in [0.2, 0.25) is 11.8 Å². The van der Waals surface area contributed by atoms with Crippen molar-refractivity contribution in [3.05, 3.63) is 53.8 Å². The standard InChI is InChI=1S/C22H24FN3O3/c1-3-24-21(28)13-25-20(27)11-9-17-18-12-15(23)6-10-19(18)26-22(17)14-4-7-16(29-2)8-5-14/h4-8,10,12,26H,3,9,11,13H2,1-2H3,(H,24,28)(H,25,27). The van der Waals surface area contributed by atoms with Gasteiger partial charge in [-0.1, -0.05) is 0 Å². The minimum Gasteiger partial charge on any atom is -0.497 e. The molecule has 0 fully saturated rings. The van der Waals surface area contributed by atoms with Crippen LogP contribution in [-0.4, -0.2) is 37.0 Å². The van der Waals surface area contributed by atoms with E-state index in [1.54, 1.807) is 13.2 Å². The van der Waals surface area contributed by atoms with Gasteiger partial charge in [0.1, 0.15) is 11.6 Å². The third-order valence-corrected chi connectivity index (χ3v) is 4.67. The number of nitrogens with one attached hydrogen (secondary N) is 3. The Morgan fingerprint density at radius 1 is 1.07 bits per heavy atom. The fourth-order valence-corrected chi connectivity index (χ4v) is 3.25. The third kappa shape index (κ3) is 4.93. The highest BCUT2D eigenvalue weighted by Crippen LogP contribution is 2.32. The highest BCUT2D eigenvalue weighted by molar-refractivity contribution is 5.92. The molecule has 3 aromatic rings. The molecule has 0 aliphatic rings. The van der Waals surface area contributed by atoms with Crippen molar-refractivity contribution >= 4 is 22.7 Å².